The van der Waals surface area contributed by atoms with Gasteiger partial charge in [0.05, 0.1) is 11.3 Å². The van der Waals surface area contributed by atoms with Crippen LogP contribution >= 0.6 is 0 Å². The average molecular weight is 354 g/mol. The summed E-state index contributed by atoms with van der Waals surface area (Å²) in [5, 5.41) is 2.72. The number of anilines is 1. The van der Waals surface area contributed by atoms with Crippen molar-refractivity contribution in [1.29, 1.82) is 0 Å². The zero-order chi connectivity index (χ0) is 17.9. The lowest BCUT2D eigenvalue weighted by Crippen LogP contribution is -2.46. The molecule has 1 aromatic rings. The Kier molecular flexibility index (Phi) is 5.58. The summed E-state index contributed by atoms with van der Waals surface area (Å²) in [5.41, 5.74) is 5.92. The first-order valence-electron chi connectivity index (χ1n) is 7.60. The molecule has 0 aliphatic carbocycles. The van der Waals surface area contributed by atoms with E-state index < -0.39 is 16.1 Å². The number of nitrogens with one attached hydrogen (secondary N) is 1. The summed E-state index contributed by atoms with van der Waals surface area (Å²) in [6.07, 6.45) is 0.856. The van der Waals surface area contributed by atoms with E-state index in [1.165, 1.54) is 18.4 Å². The fraction of sp³-hybridized carbons (Fsp3) is 0.467. The quantitative estimate of drug-likeness (QED) is 0.788. The van der Waals surface area contributed by atoms with E-state index in [4.69, 9.17) is 5.73 Å². The van der Waals surface area contributed by atoms with Gasteiger partial charge in [0.2, 0.25) is 5.91 Å². The highest BCUT2D eigenvalue weighted by Gasteiger charge is 2.32. The molecule has 24 heavy (non-hydrogen) atoms. The smallest absolute Gasteiger partial charge is 0.281 e. The summed E-state index contributed by atoms with van der Waals surface area (Å²) >= 11 is 0. The zero-order valence-electron chi connectivity index (χ0n) is 13.7. The van der Waals surface area contributed by atoms with Crippen molar-refractivity contribution in [2.75, 3.05) is 32.5 Å². The number of nitrogens with zero attached hydrogens (tertiary/aromatic N) is 2. The van der Waals surface area contributed by atoms with Crippen LogP contribution in [0.25, 0.3) is 0 Å². The third kappa shape index (κ3) is 3.92. The number of hydrogen-bond acceptors (Lipinski definition) is 4. The van der Waals surface area contributed by atoms with Crippen LogP contribution in [0.2, 0.25) is 0 Å². The predicted octanol–water partition coefficient (Wildman–Crippen LogP) is 0.242. The van der Waals surface area contributed by atoms with Crippen molar-refractivity contribution in [2.24, 2.45) is 11.7 Å². The minimum absolute atomic E-state index is 0.231. The monoisotopic (exact) mass is 354 g/mol. The molecule has 0 radical (unpaired) electrons. The third-order valence-electron chi connectivity index (χ3n) is 4.06. The normalized spacial score (nSPS) is 17.0. The van der Waals surface area contributed by atoms with Crippen LogP contribution < -0.4 is 11.1 Å². The maximum absolute atomic E-state index is 12.4. The van der Waals surface area contributed by atoms with Crippen LogP contribution in [0.4, 0.5) is 5.69 Å². The number of para-hydroxylation sites is 1. The van der Waals surface area contributed by atoms with E-state index in [1.54, 1.807) is 24.3 Å². The average Bonchev–Trinajstić information content (AvgIpc) is 2.55. The van der Waals surface area contributed by atoms with E-state index in [1.807, 2.05) is 0 Å². The molecule has 1 aromatic carbocycles. The second-order valence-corrected chi connectivity index (χ2v) is 8.00. The fourth-order valence-corrected chi connectivity index (χ4v) is 3.76. The number of rotatable bonds is 5. The standard InChI is InChI=1S/C15H22N4O4S/c1-18(2)24(22,23)19-9-7-11(8-10-19)15(21)17-13-6-4-3-5-12(13)14(16)20/h3-6,11H,7-10H2,1-2H3,(H2,16,20)(H,17,21). The molecule has 1 aliphatic rings. The molecule has 9 heteroatoms. The van der Waals surface area contributed by atoms with E-state index in [0.29, 0.717) is 18.5 Å². The number of carbonyl (C=O) groups is 2. The number of hydrogen-bond donors (Lipinski definition) is 2. The number of amides is 2. The molecular formula is C15H22N4O4S. The van der Waals surface area contributed by atoms with Gasteiger partial charge in [0.25, 0.3) is 16.1 Å². The fourth-order valence-electron chi connectivity index (χ4n) is 2.62. The Bertz CT molecular complexity index is 725. The molecular weight excluding hydrogens is 332 g/mol. The van der Waals surface area contributed by atoms with Crippen molar-refractivity contribution >= 4 is 27.7 Å². The van der Waals surface area contributed by atoms with Gasteiger partial charge in [0.1, 0.15) is 0 Å². The molecule has 8 nitrogen and oxygen atoms in total. The van der Waals surface area contributed by atoms with Gasteiger partial charge in [-0.15, -0.1) is 0 Å². The summed E-state index contributed by atoms with van der Waals surface area (Å²) in [6, 6.07) is 6.53. The van der Waals surface area contributed by atoms with Gasteiger partial charge in [-0.25, -0.2) is 0 Å². The second-order valence-electron chi connectivity index (χ2n) is 5.86. The minimum atomic E-state index is -3.45. The van der Waals surface area contributed by atoms with Crippen LogP contribution in [0.15, 0.2) is 24.3 Å². The molecule has 0 saturated carbocycles. The van der Waals surface area contributed by atoms with Crippen molar-refractivity contribution < 1.29 is 18.0 Å². The lowest BCUT2D eigenvalue weighted by Gasteiger charge is -2.32. The molecule has 1 heterocycles. The van der Waals surface area contributed by atoms with Gasteiger partial charge in [0.15, 0.2) is 0 Å². The highest BCUT2D eigenvalue weighted by Crippen LogP contribution is 2.23. The van der Waals surface area contributed by atoms with Crippen LogP contribution in [-0.4, -0.2) is 56.0 Å². The number of primary amides is 1. The molecule has 1 aliphatic heterocycles. The Morgan fingerprint density at radius 3 is 2.33 bits per heavy atom. The first-order chi connectivity index (χ1) is 11.2. The van der Waals surface area contributed by atoms with E-state index in [2.05, 4.69) is 5.32 Å². The van der Waals surface area contributed by atoms with E-state index in [9.17, 15) is 18.0 Å². The van der Waals surface area contributed by atoms with Crippen LogP contribution in [-0.2, 0) is 15.0 Å². The molecule has 0 aromatic heterocycles. The van der Waals surface area contributed by atoms with Crippen molar-refractivity contribution in [1.82, 2.24) is 8.61 Å². The molecule has 3 N–H and O–H groups in total. The van der Waals surface area contributed by atoms with Crippen LogP contribution in [0.3, 0.4) is 0 Å². The van der Waals surface area contributed by atoms with Crippen molar-refractivity contribution in [3.63, 3.8) is 0 Å². The predicted molar refractivity (Wildman–Crippen MR) is 90.5 cm³/mol. The number of piperidine rings is 1. The lowest BCUT2D eigenvalue weighted by molar-refractivity contribution is -0.120. The van der Waals surface area contributed by atoms with E-state index in [0.717, 1.165) is 4.31 Å². The van der Waals surface area contributed by atoms with Gasteiger partial charge in [-0.05, 0) is 25.0 Å². The highest BCUT2D eigenvalue weighted by molar-refractivity contribution is 7.86. The molecule has 0 unspecified atom stereocenters. The van der Waals surface area contributed by atoms with E-state index >= 15 is 0 Å². The Balaban J connectivity index is 2.01. The van der Waals surface area contributed by atoms with Gasteiger partial charge in [-0.1, -0.05) is 12.1 Å². The van der Waals surface area contributed by atoms with Gasteiger partial charge in [-0.3, -0.25) is 9.59 Å². The molecule has 2 amide bonds. The lowest BCUT2D eigenvalue weighted by atomic mass is 9.97. The van der Waals surface area contributed by atoms with E-state index in [-0.39, 0.29) is 30.5 Å². The van der Waals surface area contributed by atoms with Gasteiger partial charge in [-0.2, -0.15) is 17.0 Å². The first-order valence-corrected chi connectivity index (χ1v) is 9.00. The Hall–Kier alpha value is -1.97. The Morgan fingerprint density at radius 1 is 1.21 bits per heavy atom. The third-order valence-corrected chi connectivity index (χ3v) is 6.00. The number of nitrogens with two attached hydrogens (primary N) is 1. The Morgan fingerprint density at radius 2 is 1.79 bits per heavy atom. The van der Waals surface area contributed by atoms with Crippen LogP contribution in [0, 0.1) is 5.92 Å². The SMILES string of the molecule is CN(C)S(=O)(=O)N1CCC(C(=O)Nc2ccccc2C(N)=O)CC1. The Labute approximate surface area is 141 Å². The molecule has 1 saturated heterocycles. The summed E-state index contributed by atoms with van der Waals surface area (Å²) in [6.45, 7) is 0.576. The molecule has 0 atom stereocenters. The summed E-state index contributed by atoms with van der Waals surface area (Å²) in [4.78, 5) is 23.8. The molecule has 2 rings (SSSR count). The highest BCUT2D eigenvalue weighted by atomic mass is 32.2. The topological polar surface area (TPSA) is 113 Å². The number of carbonyl (C=O) groups excluding carboxylic acids is 2. The summed E-state index contributed by atoms with van der Waals surface area (Å²) in [7, 11) is -0.490. The summed E-state index contributed by atoms with van der Waals surface area (Å²) < 4.78 is 26.7. The van der Waals surface area contributed by atoms with Crippen molar-refractivity contribution in [3.05, 3.63) is 29.8 Å². The molecule has 0 bridgehead atoms. The first kappa shape index (κ1) is 18.4. The minimum Gasteiger partial charge on any atom is -0.366 e. The van der Waals surface area contributed by atoms with Crippen LogP contribution in [0.1, 0.15) is 23.2 Å². The second kappa shape index (κ2) is 7.29. The largest absolute Gasteiger partial charge is 0.366 e. The van der Waals surface area contributed by atoms with Crippen molar-refractivity contribution in [3.8, 4) is 0 Å². The van der Waals surface area contributed by atoms with Gasteiger partial charge in [0, 0.05) is 33.1 Å². The molecule has 0 spiro atoms. The van der Waals surface area contributed by atoms with Crippen LogP contribution in [0.5, 0.6) is 0 Å². The maximum atomic E-state index is 12.4. The number of benzene rings is 1. The van der Waals surface area contributed by atoms with Crippen molar-refractivity contribution in [2.45, 2.75) is 12.8 Å². The maximum Gasteiger partial charge on any atom is 0.281 e. The summed E-state index contributed by atoms with van der Waals surface area (Å²) in [5.74, 6) is -1.15. The van der Waals surface area contributed by atoms with Gasteiger partial charge < -0.3 is 11.1 Å². The van der Waals surface area contributed by atoms with Gasteiger partial charge >= 0.3 is 0 Å². The zero-order valence-corrected chi connectivity index (χ0v) is 14.5. The molecule has 1 fully saturated rings. The molecule has 132 valence electrons.